The van der Waals surface area contributed by atoms with E-state index in [9.17, 15) is 4.39 Å². The van der Waals surface area contributed by atoms with Crippen LogP contribution in [0.2, 0.25) is 0 Å². The summed E-state index contributed by atoms with van der Waals surface area (Å²) in [7, 11) is 0. The maximum atomic E-state index is 13.1. The quantitative estimate of drug-likeness (QED) is 0.768. The molecule has 0 amide bonds. The monoisotopic (exact) mass is 261 g/mol. The lowest BCUT2D eigenvalue weighted by Gasteiger charge is -2.09. The number of hydrogen-bond donors (Lipinski definition) is 3. The molecule has 0 fully saturated rings. The molecular formula is C13H16FN5. The minimum atomic E-state index is -0.294. The number of nitrogens with zero attached hydrogens (tertiary/aromatic N) is 2. The lowest BCUT2D eigenvalue weighted by Crippen LogP contribution is -2.14. The molecule has 0 aliphatic heterocycles. The van der Waals surface area contributed by atoms with Gasteiger partial charge in [0.1, 0.15) is 23.3 Å². The Morgan fingerprint density at radius 2 is 2.00 bits per heavy atom. The molecule has 0 aliphatic carbocycles. The standard InChI is InChI=1S/C13H16FN5/c1-9-17-12(16-6-5-15)8-13(18-9)19-11-4-2-3-10(14)7-11/h2-4,7-8H,5-6,15H2,1H3,(H2,16,17,18,19). The summed E-state index contributed by atoms with van der Waals surface area (Å²) in [4.78, 5) is 8.49. The molecule has 19 heavy (non-hydrogen) atoms. The Morgan fingerprint density at radius 3 is 2.74 bits per heavy atom. The normalized spacial score (nSPS) is 10.3. The van der Waals surface area contributed by atoms with E-state index < -0.39 is 0 Å². The van der Waals surface area contributed by atoms with Gasteiger partial charge in [-0.15, -0.1) is 0 Å². The average molecular weight is 261 g/mol. The second kappa shape index (κ2) is 6.10. The van der Waals surface area contributed by atoms with Crippen molar-refractivity contribution in [3.63, 3.8) is 0 Å². The van der Waals surface area contributed by atoms with E-state index in [2.05, 4.69) is 20.6 Å². The summed E-state index contributed by atoms with van der Waals surface area (Å²) in [6.45, 7) is 2.95. The molecule has 0 aliphatic rings. The smallest absolute Gasteiger partial charge is 0.136 e. The minimum Gasteiger partial charge on any atom is -0.369 e. The molecule has 0 atom stereocenters. The minimum absolute atomic E-state index is 0.294. The average Bonchev–Trinajstić information content (AvgIpc) is 2.35. The topological polar surface area (TPSA) is 75.9 Å². The van der Waals surface area contributed by atoms with Crippen LogP contribution in [0.1, 0.15) is 5.82 Å². The molecule has 2 rings (SSSR count). The molecule has 0 spiro atoms. The number of aromatic nitrogens is 2. The molecule has 1 heterocycles. The van der Waals surface area contributed by atoms with Crippen LogP contribution in [0.3, 0.4) is 0 Å². The van der Waals surface area contributed by atoms with E-state index in [1.165, 1.54) is 12.1 Å². The van der Waals surface area contributed by atoms with Crippen molar-refractivity contribution in [2.45, 2.75) is 6.92 Å². The van der Waals surface area contributed by atoms with Gasteiger partial charge in [-0.3, -0.25) is 0 Å². The number of nitrogens with one attached hydrogen (secondary N) is 2. The first kappa shape index (κ1) is 13.2. The molecule has 100 valence electrons. The summed E-state index contributed by atoms with van der Waals surface area (Å²) in [6.07, 6.45) is 0. The van der Waals surface area contributed by atoms with Crippen molar-refractivity contribution < 1.29 is 4.39 Å². The first-order valence-electron chi connectivity index (χ1n) is 5.99. The van der Waals surface area contributed by atoms with Crippen LogP contribution in [0.15, 0.2) is 30.3 Å². The highest BCUT2D eigenvalue weighted by Crippen LogP contribution is 2.17. The van der Waals surface area contributed by atoms with Gasteiger partial charge in [0.05, 0.1) is 0 Å². The van der Waals surface area contributed by atoms with E-state index in [4.69, 9.17) is 5.73 Å². The molecule has 5 nitrogen and oxygen atoms in total. The van der Waals surface area contributed by atoms with Crippen molar-refractivity contribution >= 4 is 17.3 Å². The van der Waals surface area contributed by atoms with Crippen molar-refractivity contribution in [2.24, 2.45) is 5.73 Å². The zero-order valence-corrected chi connectivity index (χ0v) is 10.7. The number of halogens is 1. The maximum absolute atomic E-state index is 13.1. The Bertz CT molecular complexity index is 558. The fourth-order valence-corrected chi connectivity index (χ4v) is 1.64. The van der Waals surface area contributed by atoms with Crippen molar-refractivity contribution in [3.8, 4) is 0 Å². The number of rotatable bonds is 5. The van der Waals surface area contributed by atoms with Crippen molar-refractivity contribution in [3.05, 3.63) is 42.0 Å². The van der Waals surface area contributed by atoms with Crippen LogP contribution in [0, 0.1) is 12.7 Å². The van der Waals surface area contributed by atoms with Gasteiger partial charge >= 0.3 is 0 Å². The molecule has 1 aromatic heterocycles. The van der Waals surface area contributed by atoms with E-state index in [0.717, 1.165) is 0 Å². The van der Waals surface area contributed by atoms with E-state index >= 15 is 0 Å². The van der Waals surface area contributed by atoms with Crippen LogP contribution < -0.4 is 16.4 Å². The third kappa shape index (κ3) is 3.89. The molecule has 1 aromatic carbocycles. The summed E-state index contributed by atoms with van der Waals surface area (Å²) in [5.74, 6) is 1.63. The first-order valence-corrected chi connectivity index (χ1v) is 5.99. The molecule has 0 saturated heterocycles. The summed E-state index contributed by atoms with van der Waals surface area (Å²) >= 11 is 0. The highest BCUT2D eigenvalue weighted by molar-refractivity contribution is 5.59. The zero-order chi connectivity index (χ0) is 13.7. The van der Waals surface area contributed by atoms with Gasteiger partial charge in [-0.1, -0.05) is 6.07 Å². The Balaban J connectivity index is 2.17. The van der Waals surface area contributed by atoms with Crippen LogP contribution in [0.25, 0.3) is 0 Å². The lowest BCUT2D eigenvalue weighted by molar-refractivity contribution is 0.628. The summed E-state index contributed by atoms with van der Waals surface area (Å²) in [6, 6.07) is 7.97. The third-order valence-corrected chi connectivity index (χ3v) is 2.39. The number of nitrogens with two attached hydrogens (primary N) is 1. The molecule has 0 bridgehead atoms. The van der Waals surface area contributed by atoms with Crippen LogP contribution in [-0.2, 0) is 0 Å². The predicted molar refractivity (Wildman–Crippen MR) is 74.0 cm³/mol. The van der Waals surface area contributed by atoms with Crippen molar-refractivity contribution in [1.29, 1.82) is 0 Å². The predicted octanol–water partition coefficient (Wildman–Crippen LogP) is 2.04. The fourth-order valence-electron chi connectivity index (χ4n) is 1.64. The molecule has 4 N–H and O–H groups in total. The van der Waals surface area contributed by atoms with Gasteiger partial charge in [0.25, 0.3) is 0 Å². The molecule has 0 unspecified atom stereocenters. The van der Waals surface area contributed by atoms with Crippen LogP contribution >= 0.6 is 0 Å². The second-order valence-corrected chi connectivity index (χ2v) is 4.04. The van der Waals surface area contributed by atoms with Crippen molar-refractivity contribution in [1.82, 2.24) is 9.97 Å². The van der Waals surface area contributed by atoms with E-state index in [-0.39, 0.29) is 5.82 Å². The Morgan fingerprint density at radius 1 is 1.21 bits per heavy atom. The largest absolute Gasteiger partial charge is 0.369 e. The number of anilines is 3. The Hall–Kier alpha value is -2.21. The highest BCUT2D eigenvalue weighted by atomic mass is 19.1. The van der Waals surface area contributed by atoms with Crippen LogP contribution in [-0.4, -0.2) is 23.1 Å². The Kier molecular flexibility index (Phi) is 4.25. The number of hydrogen-bond acceptors (Lipinski definition) is 5. The summed E-state index contributed by atoms with van der Waals surface area (Å²) < 4.78 is 13.1. The zero-order valence-electron chi connectivity index (χ0n) is 10.7. The highest BCUT2D eigenvalue weighted by Gasteiger charge is 2.02. The van der Waals surface area contributed by atoms with Crippen LogP contribution in [0.5, 0.6) is 0 Å². The SMILES string of the molecule is Cc1nc(NCCN)cc(Nc2cccc(F)c2)n1. The van der Waals surface area contributed by atoms with Gasteiger partial charge < -0.3 is 16.4 Å². The molecular weight excluding hydrogens is 245 g/mol. The number of aryl methyl sites for hydroxylation is 1. The van der Waals surface area contributed by atoms with Gasteiger partial charge in [-0.05, 0) is 25.1 Å². The van der Waals surface area contributed by atoms with E-state index in [0.29, 0.717) is 36.2 Å². The third-order valence-electron chi connectivity index (χ3n) is 2.39. The summed E-state index contributed by atoms with van der Waals surface area (Å²) in [5, 5.41) is 6.12. The fraction of sp³-hybridized carbons (Fsp3) is 0.231. The van der Waals surface area contributed by atoms with Crippen molar-refractivity contribution in [2.75, 3.05) is 23.7 Å². The lowest BCUT2D eigenvalue weighted by atomic mass is 10.3. The van der Waals surface area contributed by atoms with Gasteiger partial charge in [0, 0.05) is 24.8 Å². The molecule has 2 aromatic rings. The number of benzene rings is 1. The van der Waals surface area contributed by atoms with E-state index in [1.54, 1.807) is 25.1 Å². The van der Waals surface area contributed by atoms with Gasteiger partial charge in [0.15, 0.2) is 0 Å². The second-order valence-electron chi connectivity index (χ2n) is 4.04. The van der Waals surface area contributed by atoms with E-state index in [1.807, 2.05) is 0 Å². The first-order chi connectivity index (χ1) is 9.17. The molecule has 0 radical (unpaired) electrons. The van der Waals surface area contributed by atoms with Gasteiger partial charge in [-0.25, -0.2) is 14.4 Å². The maximum Gasteiger partial charge on any atom is 0.136 e. The molecule has 6 heteroatoms. The Labute approximate surface area is 111 Å². The molecule has 0 saturated carbocycles. The van der Waals surface area contributed by atoms with Gasteiger partial charge in [-0.2, -0.15) is 0 Å². The van der Waals surface area contributed by atoms with Crippen LogP contribution in [0.4, 0.5) is 21.7 Å². The summed E-state index contributed by atoms with van der Waals surface area (Å²) in [5.41, 5.74) is 6.07. The van der Waals surface area contributed by atoms with Gasteiger partial charge in [0.2, 0.25) is 0 Å².